The Morgan fingerprint density at radius 3 is 2.72 bits per heavy atom. The van der Waals surface area contributed by atoms with Gasteiger partial charge in [-0.3, -0.25) is 4.99 Å². The lowest BCUT2D eigenvalue weighted by molar-refractivity contribution is 0.571. The van der Waals surface area contributed by atoms with Crippen molar-refractivity contribution in [2.45, 2.75) is 20.3 Å². The molecule has 2 unspecified atom stereocenters. The number of hydrogen-bond acceptors (Lipinski definition) is 1. The van der Waals surface area contributed by atoms with Crippen LogP contribution in [-0.4, -0.2) is 5.71 Å². The van der Waals surface area contributed by atoms with Gasteiger partial charge in [0.2, 0.25) is 0 Å². The van der Waals surface area contributed by atoms with Crippen molar-refractivity contribution in [2.24, 2.45) is 16.8 Å². The van der Waals surface area contributed by atoms with Gasteiger partial charge in [0.05, 0.1) is 5.71 Å². The van der Waals surface area contributed by atoms with E-state index in [0.29, 0.717) is 0 Å². The summed E-state index contributed by atoms with van der Waals surface area (Å²) in [5, 5.41) is 0. The van der Waals surface area contributed by atoms with Crippen LogP contribution in [0.25, 0.3) is 0 Å². The molecule has 3 aliphatic carbocycles. The molecule has 0 amide bonds. The number of allylic oxidation sites excluding steroid dienone is 18. The monoisotopic (exact) mass is 379 g/mol. The van der Waals surface area contributed by atoms with E-state index < -0.39 is 0 Å². The Morgan fingerprint density at radius 1 is 1.14 bits per heavy atom. The van der Waals surface area contributed by atoms with Gasteiger partial charge in [0.15, 0.2) is 0 Å². The summed E-state index contributed by atoms with van der Waals surface area (Å²) in [5.74, 6) is 0.528. The minimum Gasteiger partial charge on any atom is -0.256 e. The van der Waals surface area contributed by atoms with Gasteiger partial charge in [-0.2, -0.15) is 0 Å². The molecule has 0 radical (unpaired) electrons. The van der Waals surface area contributed by atoms with E-state index in [9.17, 15) is 0 Å². The van der Waals surface area contributed by atoms with E-state index in [1.807, 2.05) is 43.5 Å². The molecule has 1 fully saturated rings. The van der Waals surface area contributed by atoms with E-state index in [4.69, 9.17) is 4.99 Å². The maximum absolute atomic E-state index is 4.86. The molecule has 1 saturated carbocycles. The van der Waals surface area contributed by atoms with Gasteiger partial charge in [0, 0.05) is 18.0 Å². The number of nitrogens with zero attached hydrogens (tertiary/aromatic N) is 1. The second kappa shape index (κ2) is 9.34. The molecule has 146 valence electrons. The summed E-state index contributed by atoms with van der Waals surface area (Å²) in [6.45, 7) is 16.7. The quantitative estimate of drug-likeness (QED) is 0.456. The summed E-state index contributed by atoms with van der Waals surface area (Å²) in [6, 6.07) is 0. The lowest BCUT2D eigenvalue weighted by atomic mass is 9.64. The van der Waals surface area contributed by atoms with Crippen LogP contribution in [0.15, 0.2) is 137 Å². The fourth-order valence-corrected chi connectivity index (χ4v) is 4.14. The third-order valence-corrected chi connectivity index (χ3v) is 5.43. The van der Waals surface area contributed by atoms with Crippen molar-refractivity contribution in [3.8, 4) is 0 Å². The molecule has 0 N–H and O–H groups in total. The molecular weight excluding hydrogens is 350 g/mol. The zero-order valence-electron chi connectivity index (χ0n) is 17.4. The molecule has 3 rings (SSSR count). The zero-order valence-corrected chi connectivity index (χ0v) is 17.4. The van der Waals surface area contributed by atoms with Crippen molar-refractivity contribution in [3.63, 3.8) is 0 Å². The summed E-state index contributed by atoms with van der Waals surface area (Å²) in [6.07, 6.45) is 28.1. The van der Waals surface area contributed by atoms with Crippen LogP contribution in [0.2, 0.25) is 0 Å². The van der Waals surface area contributed by atoms with Crippen LogP contribution in [0.5, 0.6) is 0 Å². The smallest absolute Gasteiger partial charge is 0.0737 e. The van der Waals surface area contributed by atoms with Gasteiger partial charge in [-0.05, 0) is 60.3 Å². The summed E-state index contributed by atoms with van der Waals surface area (Å²) in [5.41, 5.74) is 7.63. The first-order chi connectivity index (χ1) is 14.1. The number of hydrogen-bond donors (Lipinski definition) is 0. The average Bonchev–Trinajstić information content (AvgIpc) is 2.70. The topological polar surface area (TPSA) is 12.4 Å². The van der Waals surface area contributed by atoms with Crippen molar-refractivity contribution in [1.82, 2.24) is 0 Å². The minimum absolute atomic E-state index is 0.246. The highest BCUT2D eigenvalue weighted by Crippen LogP contribution is 2.47. The molecule has 0 aromatic carbocycles. The van der Waals surface area contributed by atoms with Gasteiger partial charge in [0.25, 0.3) is 0 Å². The first kappa shape index (κ1) is 20.5. The Morgan fingerprint density at radius 2 is 1.97 bits per heavy atom. The minimum atomic E-state index is 0.246. The van der Waals surface area contributed by atoms with Crippen LogP contribution >= 0.6 is 0 Å². The fraction of sp³-hybridized carbons (Fsp3) is 0.179. The van der Waals surface area contributed by atoms with Crippen LogP contribution in [-0.2, 0) is 0 Å². The normalized spacial score (nSPS) is 29.2. The first-order valence-electron chi connectivity index (χ1n) is 10.1. The maximum atomic E-state index is 4.86. The van der Waals surface area contributed by atoms with E-state index in [1.54, 1.807) is 0 Å². The fourth-order valence-electron chi connectivity index (χ4n) is 4.14. The molecule has 0 heterocycles. The Kier molecular flexibility index (Phi) is 6.61. The first-order valence-corrected chi connectivity index (χ1v) is 10.1. The highest BCUT2D eigenvalue weighted by Gasteiger charge is 2.39. The summed E-state index contributed by atoms with van der Waals surface area (Å²) in [7, 11) is 0. The Balaban J connectivity index is 2.16. The predicted molar refractivity (Wildman–Crippen MR) is 128 cm³/mol. The Hall–Kier alpha value is -3.19. The van der Waals surface area contributed by atoms with Crippen LogP contribution in [0, 0.1) is 11.8 Å². The van der Waals surface area contributed by atoms with Gasteiger partial charge in [0.1, 0.15) is 0 Å². The summed E-state index contributed by atoms with van der Waals surface area (Å²) in [4.78, 5) is 4.86. The van der Waals surface area contributed by atoms with Crippen molar-refractivity contribution in [2.75, 3.05) is 0 Å². The van der Waals surface area contributed by atoms with E-state index in [0.717, 1.165) is 28.9 Å². The summed E-state index contributed by atoms with van der Waals surface area (Å²) >= 11 is 0. The molecule has 0 bridgehead atoms. The Bertz CT molecular complexity index is 993. The third-order valence-electron chi connectivity index (χ3n) is 5.43. The van der Waals surface area contributed by atoms with Crippen LogP contribution in [0.3, 0.4) is 0 Å². The standard InChI is InChI=1S/C28H29N/c1-6-12-20(3)17-18-29-28-22(5)24(7-2)25-16-11-15-23-14-10-8-9-13-21(4)19-26(28)27(23)25/h6-13,15-19,25,27H,3-5,14H2,1-2H3/b10-8-,12-6-,13-9-,18-17-,24-7+,26-19?,29-28?. The van der Waals surface area contributed by atoms with Gasteiger partial charge in [-0.25, -0.2) is 0 Å². The molecule has 3 aliphatic rings. The highest BCUT2D eigenvalue weighted by molar-refractivity contribution is 6.17. The van der Waals surface area contributed by atoms with Crippen molar-refractivity contribution in [3.05, 3.63) is 132 Å². The molecule has 0 aromatic heterocycles. The maximum Gasteiger partial charge on any atom is 0.0737 e. The van der Waals surface area contributed by atoms with Crippen LogP contribution in [0.4, 0.5) is 0 Å². The molecule has 0 saturated heterocycles. The van der Waals surface area contributed by atoms with Crippen molar-refractivity contribution in [1.29, 1.82) is 0 Å². The second-order valence-electron chi connectivity index (χ2n) is 7.39. The molecule has 0 aliphatic heterocycles. The Labute approximate surface area is 175 Å². The average molecular weight is 380 g/mol. The largest absolute Gasteiger partial charge is 0.256 e. The molecule has 1 heteroatoms. The molecule has 0 aromatic rings. The number of aliphatic imine (C=N–C) groups is 1. The molecule has 29 heavy (non-hydrogen) atoms. The van der Waals surface area contributed by atoms with E-state index in [1.165, 1.54) is 16.7 Å². The zero-order chi connectivity index (χ0) is 20.8. The highest BCUT2D eigenvalue weighted by atomic mass is 14.7. The molecule has 2 atom stereocenters. The molecule has 0 spiro atoms. The van der Waals surface area contributed by atoms with Crippen molar-refractivity contribution >= 4 is 5.71 Å². The van der Waals surface area contributed by atoms with E-state index in [-0.39, 0.29) is 11.8 Å². The molecular formula is C28H29N. The summed E-state index contributed by atoms with van der Waals surface area (Å²) < 4.78 is 0. The SMILES string of the molecule is C=C1C=C2C(=N/C=C\C(=C)/C=C\C)C(=C)/C(=C\C)C3C=CC=C(C/C=C\C=C/1)C23. The number of rotatable bonds is 3. The van der Waals surface area contributed by atoms with Crippen LogP contribution in [0.1, 0.15) is 20.3 Å². The van der Waals surface area contributed by atoms with E-state index >= 15 is 0 Å². The van der Waals surface area contributed by atoms with Crippen LogP contribution < -0.4 is 0 Å². The van der Waals surface area contributed by atoms with E-state index in [2.05, 4.69) is 69.2 Å². The van der Waals surface area contributed by atoms with Gasteiger partial charge >= 0.3 is 0 Å². The lowest BCUT2D eigenvalue weighted by Crippen LogP contribution is -2.33. The second-order valence-corrected chi connectivity index (χ2v) is 7.39. The van der Waals surface area contributed by atoms with Crippen molar-refractivity contribution < 1.29 is 0 Å². The van der Waals surface area contributed by atoms with Gasteiger partial charge in [-0.15, -0.1) is 0 Å². The molecule has 1 nitrogen and oxygen atoms in total. The third kappa shape index (κ3) is 4.46. The predicted octanol–water partition coefficient (Wildman–Crippen LogP) is 7.32. The lowest BCUT2D eigenvalue weighted by Gasteiger charge is -2.39. The van der Waals surface area contributed by atoms with Gasteiger partial charge in [-0.1, -0.05) is 86.1 Å². The van der Waals surface area contributed by atoms with Gasteiger partial charge < -0.3 is 0 Å².